The summed E-state index contributed by atoms with van der Waals surface area (Å²) in [5.74, 6) is 0.122. The van der Waals surface area contributed by atoms with Crippen LogP contribution in [0.3, 0.4) is 0 Å². The van der Waals surface area contributed by atoms with Crippen molar-refractivity contribution in [1.82, 2.24) is 0 Å². The first-order chi connectivity index (χ1) is 6.13. The highest BCUT2D eigenvalue weighted by atomic mass is 79.9. The summed E-state index contributed by atoms with van der Waals surface area (Å²) < 4.78 is 1.03. The lowest BCUT2D eigenvalue weighted by Gasteiger charge is -2.05. The SMILES string of the molecule is CCC(N)C(=O)Cc1cc(Br)cs1. The first-order valence-corrected chi connectivity index (χ1v) is 5.82. The maximum atomic E-state index is 11.4. The average Bonchev–Trinajstić information content (AvgIpc) is 2.49. The minimum atomic E-state index is -0.305. The molecule has 0 fully saturated rings. The normalized spacial score (nSPS) is 12.8. The fraction of sp³-hybridized carbons (Fsp3) is 0.444. The summed E-state index contributed by atoms with van der Waals surface area (Å²) in [6, 6.07) is 1.66. The third-order valence-corrected chi connectivity index (χ3v) is 3.52. The van der Waals surface area contributed by atoms with Crippen molar-refractivity contribution in [3.8, 4) is 0 Å². The van der Waals surface area contributed by atoms with Gasteiger partial charge in [0.05, 0.1) is 6.04 Å². The van der Waals surface area contributed by atoms with Crippen LogP contribution in [0, 0.1) is 0 Å². The molecule has 0 radical (unpaired) electrons. The predicted octanol–water partition coefficient (Wildman–Crippen LogP) is 2.36. The van der Waals surface area contributed by atoms with Crippen LogP contribution < -0.4 is 5.73 Å². The van der Waals surface area contributed by atoms with Crippen molar-refractivity contribution < 1.29 is 4.79 Å². The fourth-order valence-corrected chi connectivity index (χ4v) is 2.44. The Labute approximate surface area is 90.3 Å². The Morgan fingerprint density at radius 2 is 2.46 bits per heavy atom. The molecule has 1 rings (SSSR count). The Kier molecular flexibility index (Phi) is 4.09. The molecule has 0 aliphatic rings. The summed E-state index contributed by atoms with van der Waals surface area (Å²) in [6.45, 7) is 1.92. The number of carbonyl (C=O) groups excluding carboxylic acids is 1. The monoisotopic (exact) mass is 261 g/mol. The van der Waals surface area contributed by atoms with E-state index in [9.17, 15) is 4.79 Å². The van der Waals surface area contributed by atoms with Crippen molar-refractivity contribution in [1.29, 1.82) is 0 Å². The first-order valence-electron chi connectivity index (χ1n) is 4.14. The molecule has 0 saturated carbocycles. The molecule has 1 atom stereocenters. The molecular formula is C9H12BrNOS. The van der Waals surface area contributed by atoms with Gasteiger partial charge in [0.15, 0.2) is 5.78 Å². The van der Waals surface area contributed by atoms with Crippen LogP contribution in [0.15, 0.2) is 15.9 Å². The molecule has 72 valence electrons. The highest BCUT2D eigenvalue weighted by Crippen LogP contribution is 2.20. The Bertz CT molecular complexity index is 298. The number of hydrogen-bond acceptors (Lipinski definition) is 3. The van der Waals surface area contributed by atoms with Crippen LogP contribution in [0.2, 0.25) is 0 Å². The zero-order chi connectivity index (χ0) is 9.84. The Hall–Kier alpha value is -0.190. The standard InChI is InChI=1S/C9H12BrNOS/c1-2-8(11)9(12)4-7-3-6(10)5-13-7/h3,5,8H,2,4,11H2,1H3. The molecule has 0 bridgehead atoms. The van der Waals surface area contributed by atoms with Crippen LogP contribution in [0.1, 0.15) is 18.2 Å². The van der Waals surface area contributed by atoms with E-state index >= 15 is 0 Å². The second-order valence-electron chi connectivity index (χ2n) is 2.89. The van der Waals surface area contributed by atoms with Crippen LogP contribution in [0.25, 0.3) is 0 Å². The molecule has 4 heteroatoms. The van der Waals surface area contributed by atoms with Gasteiger partial charge in [0.25, 0.3) is 0 Å². The third-order valence-electron chi connectivity index (χ3n) is 1.82. The smallest absolute Gasteiger partial charge is 0.154 e. The van der Waals surface area contributed by atoms with Crippen molar-refractivity contribution in [2.75, 3.05) is 0 Å². The van der Waals surface area contributed by atoms with Gasteiger partial charge in [0.2, 0.25) is 0 Å². The number of halogens is 1. The number of hydrogen-bond donors (Lipinski definition) is 1. The molecule has 0 amide bonds. The number of rotatable bonds is 4. The highest BCUT2D eigenvalue weighted by Gasteiger charge is 2.12. The average molecular weight is 262 g/mol. The minimum Gasteiger partial charge on any atom is -0.322 e. The van der Waals surface area contributed by atoms with Crippen LogP contribution in [-0.2, 0) is 11.2 Å². The van der Waals surface area contributed by atoms with Crippen molar-refractivity contribution >= 4 is 33.0 Å². The number of Topliss-reactive ketones (excluding diaryl/α,β-unsaturated/α-hetero) is 1. The predicted molar refractivity (Wildman–Crippen MR) is 59.0 cm³/mol. The molecule has 2 nitrogen and oxygen atoms in total. The van der Waals surface area contributed by atoms with Gasteiger partial charge in [0, 0.05) is 21.2 Å². The number of nitrogens with two attached hydrogens (primary N) is 1. The molecule has 13 heavy (non-hydrogen) atoms. The highest BCUT2D eigenvalue weighted by molar-refractivity contribution is 9.10. The molecule has 1 aromatic heterocycles. The van der Waals surface area contributed by atoms with E-state index in [4.69, 9.17) is 5.73 Å². The lowest BCUT2D eigenvalue weighted by molar-refractivity contribution is -0.119. The van der Waals surface area contributed by atoms with Crippen molar-refractivity contribution in [3.05, 3.63) is 20.8 Å². The van der Waals surface area contributed by atoms with Gasteiger partial charge in [-0.15, -0.1) is 11.3 Å². The van der Waals surface area contributed by atoms with Crippen LogP contribution in [-0.4, -0.2) is 11.8 Å². The summed E-state index contributed by atoms with van der Waals surface area (Å²) >= 11 is 4.93. The van der Waals surface area contributed by atoms with E-state index in [1.54, 1.807) is 11.3 Å². The van der Waals surface area contributed by atoms with Gasteiger partial charge < -0.3 is 5.73 Å². The number of ketones is 1. The van der Waals surface area contributed by atoms with Crippen molar-refractivity contribution in [2.24, 2.45) is 5.73 Å². The maximum absolute atomic E-state index is 11.4. The summed E-state index contributed by atoms with van der Waals surface area (Å²) in [5.41, 5.74) is 5.61. The molecule has 0 spiro atoms. The molecule has 1 aromatic rings. The molecule has 2 N–H and O–H groups in total. The molecule has 1 heterocycles. The zero-order valence-electron chi connectivity index (χ0n) is 7.42. The van der Waals surface area contributed by atoms with Gasteiger partial charge in [-0.3, -0.25) is 4.79 Å². The van der Waals surface area contributed by atoms with Crippen LogP contribution >= 0.6 is 27.3 Å². The van der Waals surface area contributed by atoms with E-state index in [1.165, 1.54) is 0 Å². The summed E-state index contributed by atoms with van der Waals surface area (Å²) in [7, 11) is 0. The lowest BCUT2D eigenvalue weighted by Crippen LogP contribution is -2.30. The van der Waals surface area contributed by atoms with Crippen molar-refractivity contribution in [2.45, 2.75) is 25.8 Å². The summed E-state index contributed by atoms with van der Waals surface area (Å²) in [6.07, 6.45) is 1.18. The molecule has 0 aromatic carbocycles. The van der Waals surface area contributed by atoms with E-state index in [-0.39, 0.29) is 11.8 Å². The largest absolute Gasteiger partial charge is 0.322 e. The lowest BCUT2D eigenvalue weighted by atomic mass is 10.1. The number of carbonyl (C=O) groups is 1. The second kappa shape index (κ2) is 4.88. The number of thiophene rings is 1. The Morgan fingerprint density at radius 3 is 2.92 bits per heavy atom. The van der Waals surface area contributed by atoms with E-state index in [2.05, 4.69) is 15.9 Å². The summed E-state index contributed by atoms with van der Waals surface area (Å²) in [5, 5.41) is 1.97. The van der Waals surface area contributed by atoms with Gasteiger partial charge in [0.1, 0.15) is 0 Å². The van der Waals surface area contributed by atoms with E-state index in [0.717, 1.165) is 9.35 Å². The van der Waals surface area contributed by atoms with Crippen molar-refractivity contribution in [3.63, 3.8) is 0 Å². The Morgan fingerprint density at radius 1 is 1.77 bits per heavy atom. The fourth-order valence-electron chi connectivity index (χ4n) is 0.977. The Balaban J connectivity index is 2.54. The maximum Gasteiger partial charge on any atom is 0.154 e. The second-order valence-corrected chi connectivity index (χ2v) is 4.80. The van der Waals surface area contributed by atoms with E-state index in [0.29, 0.717) is 12.8 Å². The van der Waals surface area contributed by atoms with E-state index in [1.807, 2.05) is 18.4 Å². The van der Waals surface area contributed by atoms with Gasteiger partial charge in [-0.05, 0) is 28.4 Å². The van der Waals surface area contributed by atoms with Gasteiger partial charge in [-0.1, -0.05) is 6.92 Å². The third kappa shape index (κ3) is 3.21. The topological polar surface area (TPSA) is 43.1 Å². The quantitative estimate of drug-likeness (QED) is 0.905. The van der Waals surface area contributed by atoms with Gasteiger partial charge >= 0.3 is 0 Å². The van der Waals surface area contributed by atoms with Crippen LogP contribution in [0.5, 0.6) is 0 Å². The van der Waals surface area contributed by atoms with Gasteiger partial charge in [-0.25, -0.2) is 0 Å². The van der Waals surface area contributed by atoms with E-state index < -0.39 is 0 Å². The molecule has 0 aliphatic carbocycles. The first kappa shape index (κ1) is 10.9. The zero-order valence-corrected chi connectivity index (χ0v) is 9.82. The molecule has 1 unspecified atom stereocenters. The molecular weight excluding hydrogens is 250 g/mol. The molecule has 0 saturated heterocycles. The summed E-state index contributed by atoms with van der Waals surface area (Å²) in [4.78, 5) is 12.5. The van der Waals surface area contributed by atoms with Gasteiger partial charge in [-0.2, -0.15) is 0 Å². The molecule has 0 aliphatic heterocycles. The van der Waals surface area contributed by atoms with Crippen LogP contribution in [0.4, 0.5) is 0 Å². The minimum absolute atomic E-state index is 0.122.